The van der Waals surface area contributed by atoms with Gasteiger partial charge in [-0.15, -0.1) is 0 Å². The van der Waals surface area contributed by atoms with Crippen molar-refractivity contribution < 1.29 is 14.3 Å². The van der Waals surface area contributed by atoms with Crippen LogP contribution in [0.4, 0.5) is 0 Å². The average molecular weight is 353 g/mol. The van der Waals surface area contributed by atoms with Crippen molar-refractivity contribution in [2.75, 3.05) is 20.2 Å². The Balaban J connectivity index is 1.46. The molecule has 1 aromatic heterocycles. The van der Waals surface area contributed by atoms with Crippen LogP contribution in [0.1, 0.15) is 17.7 Å². The molecule has 1 N–H and O–H groups in total. The van der Waals surface area contributed by atoms with E-state index in [9.17, 15) is 9.59 Å². The fraction of sp³-hybridized carbons (Fsp3) is 0.350. The quantitative estimate of drug-likeness (QED) is 0.821. The Kier molecular flexibility index (Phi) is 5.84. The Bertz CT molecular complexity index is 747. The molecule has 26 heavy (non-hydrogen) atoms. The van der Waals surface area contributed by atoms with Crippen molar-refractivity contribution in [3.63, 3.8) is 0 Å². The number of ether oxygens (including phenoxy) is 1. The van der Waals surface area contributed by atoms with Crippen molar-refractivity contribution in [2.45, 2.75) is 25.3 Å². The van der Waals surface area contributed by atoms with Gasteiger partial charge in [-0.1, -0.05) is 18.2 Å². The number of nitrogens with zero attached hydrogens (tertiary/aromatic N) is 2. The second-order valence-corrected chi connectivity index (χ2v) is 6.40. The molecule has 3 rings (SSSR count). The summed E-state index contributed by atoms with van der Waals surface area (Å²) >= 11 is 0. The van der Waals surface area contributed by atoms with Gasteiger partial charge in [-0.2, -0.15) is 0 Å². The number of rotatable bonds is 7. The molecule has 1 aliphatic rings. The fourth-order valence-corrected chi connectivity index (χ4v) is 3.09. The molecule has 1 unspecified atom stereocenters. The first kappa shape index (κ1) is 17.9. The predicted molar refractivity (Wildman–Crippen MR) is 97.8 cm³/mol. The maximum Gasteiger partial charge on any atom is 0.226 e. The summed E-state index contributed by atoms with van der Waals surface area (Å²) in [4.78, 5) is 30.3. The highest BCUT2D eigenvalue weighted by atomic mass is 16.5. The molecule has 2 aromatic rings. The van der Waals surface area contributed by atoms with Gasteiger partial charge in [-0.05, 0) is 36.2 Å². The number of carbonyl (C=O) groups is 2. The fourth-order valence-electron chi connectivity index (χ4n) is 3.09. The zero-order valence-corrected chi connectivity index (χ0v) is 14.9. The molecule has 136 valence electrons. The summed E-state index contributed by atoms with van der Waals surface area (Å²) in [5.74, 6) is 0.807. The lowest BCUT2D eigenvalue weighted by atomic mass is 10.1. The third-order valence-corrected chi connectivity index (χ3v) is 4.48. The maximum atomic E-state index is 12.2. The van der Waals surface area contributed by atoms with E-state index in [1.54, 1.807) is 13.3 Å². The molecule has 2 heterocycles. The van der Waals surface area contributed by atoms with Gasteiger partial charge in [-0.25, -0.2) is 0 Å². The third-order valence-electron chi connectivity index (χ3n) is 4.48. The van der Waals surface area contributed by atoms with Crippen LogP contribution in [0.2, 0.25) is 0 Å². The maximum absolute atomic E-state index is 12.2. The summed E-state index contributed by atoms with van der Waals surface area (Å²) in [6.07, 6.45) is 3.04. The summed E-state index contributed by atoms with van der Waals surface area (Å²) in [6, 6.07) is 13.2. The third kappa shape index (κ3) is 4.81. The van der Waals surface area contributed by atoms with Crippen LogP contribution < -0.4 is 10.1 Å². The monoisotopic (exact) mass is 353 g/mol. The first-order valence-corrected chi connectivity index (χ1v) is 8.74. The largest absolute Gasteiger partial charge is 0.497 e. The normalized spacial score (nSPS) is 16.6. The van der Waals surface area contributed by atoms with Crippen LogP contribution in [0.15, 0.2) is 48.7 Å². The van der Waals surface area contributed by atoms with Gasteiger partial charge in [-0.3, -0.25) is 14.6 Å². The summed E-state index contributed by atoms with van der Waals surface area (Å²) in [5, 5.41) is 2.94. The van der Waals surface area contributed by atoms with Crippen molar-refractivity contribution in [3.05, 3.63) is 59.9 Å². The van der Waals surface area contributed by atoms with E-state index in [-0.39, 0.29) is 24.3 Å². The van der Waals surface area contributed by atoms with E-state index in [1.165, 1.54) is 0 Å². The number of amides is 2. The van der Waals surface area contributed by atoms with Crippen molar-refractivity contribution in [1.82, 2.24) is 15.2 Å². The zero-order chi connectivity index (χ0) is 18.4. The van der Waals surface area contributed by atoms with Crippen molar-refractivity contribution >= 4 is 11.8 Å². The van der Waals surface area contributed by atoms with Gasteiger partial charge in [0.15, 0.2) is 0 Å². The average Bonchev–Trinajstić information content (AvgIpc) is 3.00. The molecular weight excluding hydrogens is 330 g/mol. The minimum absolute atomic E-state index is 0.0849. The van der Waals surface area contributed by atoms with Crippen LogP contribution in [0.5, 0.6) is 5.75 Å². The van der Waals surface area contributed by atoms with Gasteiger partial charge in [0.1, 0.15) is 5.75 Å². The molecule has 0 radical (unpaired) electrons. The van der Waals surface area contributed by atoms with E-state index in [2.05, 4.69) is 10.3 Å². The SMILES string of the molecule is COc1ccc(CCN2CC(NC(=O)Cc3ccccn3)CC2=O)cc1. The van der Waals surface area contributed by atoms with Gasteiger partial charge in [0.25, 0.3) is 0 Å². The van der Waals surface area contributed by atoms with Gasteiger partial charge < -0.3 is 15.0 Å². The Morgan fingerprint density at radius 2 is 2.08 bits per heavy atom. The number of aromatic nitrogens is 1. The highest BCUT2D eigenvalue weighted by Crippen LogP contribution is 2.15. The molecule has 0 spiro atoms. The molecule has 1 aliphatic heterocycles. The van der Waals surface area contributed by atoms with E-state index in [1.807, 2.05) is 47.4 Å². The number of methoxy groups -OCH3 is 1. The standard InChI is InChI=1S/C20H23N3O3/c1-26-18-7-5-15(6-8-18)9-11-23-14-17(13-20(23)25)22-19(24)12-16-4-2-3-10-21-16/h2-8,10,17H,9,11-14H2,1H3,(H,22,24). The van der Waals surface area contributed by atoms with Crippen LogP contribution in [0.25, 0.3) is 0 Å². The number of hydrogen-bond acceptors (Lipinski definition) is 4. The van der Waals surface area contributed by atoms with E-state index in [4.69, 9.17) is 4.74 Å². The van der Waals surface area contributed by atoms with Crippen LogP contribution in [-0.4, -0.2) is 47.9 Å². The number of hydrogen-bond donors (Lipinski definition) is 1. The van der Waals surface area contributed by atoms with E-state index in [0.29, 0.717) is 19.5 Å². The molecule has 1 aromatic carbocycles. The predicted octanol–water partition coefficient (Wildman–Crippen LogP) is 1.59. The lowest BCUT2D eigenvalue weighted by Crippen LogP contribution is -2.38. The second-order valence-electron chi connectivity index (χ2n) is 6.40. The van der Waals surface area contributed by atoms with E-state index in [0.717, 1.165) is 23.4 Å². The molecule has 6 nitrogen and oxygen atoms in total. The molecule has 1 atom stereocenters. The number of likely N-dealkylation sites (tertiary alicyclic amines) is 1. The van der Waals surface area contributed by atoms with Crippen molar-refractivity contribution in [1.29, 1.82) is 0 Å². The van der Waals surface area contributed by atoms with Gasteiger partial charge in [0.05, 0.1) is 19.6 Å². The van der Waals surface area contributed by atoms with Crippen LogP contribution in [0.3, 0.4) is 0 Å². The van der Waals surface area contributed by atoms with Crippen LogP contribution in [-0.2, 0) is 22.4 Å². The number of nitrogens with one attached hydrogen (secondary N) is 1. The topological polar surface area (TPSA) is 71.5 Å². The van der Waals surface area contributed by atoms with Gasteiger partial charge >= 0.3 is 0 Å². The molecule has 2 amide bonds. The lowest BCUT2D eigenvalue weighted by molar-refractivity contribution is -0.127. The smallest absolute Gasteiger partial charge is 0.226 e. The van der Waals surface area contributed by atoms with Gasteiger partial charge in [0, 0.05) is 31.4 Å². The summed E-state index contributed by atoms with van der Waals surface area (Å²) in [6.45, 7) is 1.21. The van der Waals surface area contributed by atoms with Crippen molar-refractivity contribution in [2.24, 2.45) is 0 Å². The molecule has 6 heteroatoms. The summed E-state index contributed by atoms with van der Waals surface area (Å²) < 4.78 is 5.15. The molecule has 0 aliphatic carbocycles. The first-order chi connectivity index (χ1) is 12.6. The van der Waals surface area contributed by atoms with Crippen LogP contribution >= 0.6 is 0 Å². The van der Waals surface area contributed by atoms with E-state index < -0.39 is 0 Å². The Morgan fingerprint density at radius 1 is 1.27 bits per heavy atom. The highest BCUT2D eigenvalue weighted by Gasteiger charge is 2.30. The Labute approximate surface area is 153 Å². The molecule has 1 saturated heterocycles. The number of carbonyl (C=O) groups excluding carboxylic acids is 2. The van der Waals surface area contributed by atoms with E-state index >= 15 is 0 Å². The lowest BCUT2D eigenvalue weighted by Gasteiger charge is -2.17. The second kappa shape index (κ2) is 8.47. The molecular formula is C20H23N3O3. The van der Waals surface area contributed by atoms with Crippen LogP contribution in [0, 0.1) is 0 Å². The number of pyridine rings is 1. The minimum Gasteiger partial charge on any atom is -0.497 e. The Morgan fingerprint density at radius 3 is 2.77 bits per heavy atom. The molecule has 1 fully saturated rings. The summed E-state index contributed by atoms with van der Waals surface area (Å²) in [7, 11) is 1.64. The number of benzene rings is 1. The highest BCUT2D eigenvalue weighted by molar-refractivity contribution is 5.83. The minimum atomic E-state index is -0.130. The molecule has 0 bridgehead atoms. The molecule has 0 saturated carbocycles. The van der Waals surface area contributed by atoms with Crippen molar-refractivity contribution in [3.8, 4) is 5.75 Å². The Hall–Kier alpha value is -2.89. The zero-order valence-electron chi connectivity index (χ0n) is 14.9. The van der Waals surface area contributed by atoms with Gasteiger partial charge in [0.2, 0.25) is 11.8 Å². The summed E-state index contributed by atoms with van der Waals surface area (Å²) in [5.41, 5.74) is 1.88. The first-order valence-electron chi connectivity index (χ1n) is 8.74.